The molecule has 0 unspecified atom stereocenters. The largest absolute Gasteiger partial charge is 0.367 e. The van der Waals surface area contributed by atoms with Crippen LogP contribution in [0, 0.1) is 6.92 Å². The molecule has 0 spiro atoms. The SMILES string of the molecule is CNCc1ccc(CN2CCCc3cc(C)ccc32)cc1. The van der Waals surface area contributed by atoms with Crippen molar-refractivity contribution in [2.24, 2.45) is 0 Å². The molecule has 110 valence electrons. The van der Waals surface area contributed by atoms with Crippen molar-refractivity contribution >= 4 is 5.69 Å². The number of rotatable bonds is 4. The summed E-state index contributed by atoms with van der Waals surface area (Å²) < 4.78 is 0. The van der Waals surface area contributed by atoms with Crippen molar-refractivity contribution in [2.45, 2.75) is 32.9 Å². The Hall–Kier alpha value is -1.80. The number of hydrogen-bond acceptors (Lipinski definition) is 2. The van der Waals surface area contributed by atoms with E-state index in [2.05, 4.69) is 59.6 Å². The van der Waals surface area contributed by atoms with E-state index in [0.29, 0.717) is 0 Å². The standard InChI is InChI=1S/C19H24N2/c1-15-5-10-19-18(12-15)4-3-11-21(19)14-17-8-6-16(7-9-17)13-20-2/h5-10,12,20H,3-4,11,13-14H2,1-2H3. The van der Waals surface area contributed by atoms with Crippen LogP contribution in [0.4, 0.5) is 5.69 Å². The van der Waals surface area contributed by atoms with Gasteiger partial charge in [-0.25, -0.2) is 0 Å². The smallest absolute Gasteiger partial charge is 0.0429 e. The van der Waals surface area contributed by atoms with E-state index < -0.39 is 0 Å². The van der Waals surface area contributed by atoms with Gasteiger partial charge in [-0.05, 0) is 49.6 Å². The molecule has 0 atom stereocenters. The van der Waals surface area contributed by atoms with Crippen LogP contribution in [-0.4, -0.2) is 13.6 Å². The van der Waals surface area contributed by atoms with E-state index in [0.717, 1.165) is 19.6 Å². The molecule has 2 aromatic rings. The van der Waals surface area contributed by atoms with Gasteiger partial charge in [-0.1, -0.05) is 42.0 Å². The van der Waals surface area contributed by atoms with Crippen molar-refractivity contribution in [3.8, 4) is 0 Å². The second-order valence-electron chi connectivity index (χ2n) is 6.00. The molecule has 1 heterocycles. The van der Waals surface area contributed by atoms with Gasteiger partial charge in [0.25, 0.3) is 0 Å². The van der Waals surface area contributed by atoms with Gasteiger partial charge in [0.1, 0.15) is 0 Å². The molecule has 2 nitrogen and oxygen atoms in total. The summed E-state index contributed by atoms with van der Waals surface area (Å²) >= 11 is 0. The highest BCUT2D eigenvalue weighted by Gasteiger charge is 2.16. The predicted octanol–water partition coefficient (Wildman–Crippen LogP) is 3.67. The van der Waals surface area contributed by atoms with Crippen molar-refractivity contribution < 1.29 is 0 Å². The summed E-state index contributed by atoms with van der Waals surface area (Å²) in [4.78, 5) is 2.52. The highest BCUT2D eigenvalue weighted by atomic mass is 15.1. The Labute approximate surface area is 127 Å². The summed E-state index contributed by atoms with van der Waals surface area (Å²) in [5.74, 6) is 0. The second-order valence-corrected chi connectivity index (χ2v) is 6.00. The van der Waals surface area contributed by atoms with Crippen molar-refractivity contribution in [1.29, 1.82) is 0 Å². The van der Waals surface area contributed by atoms with Crippen molar-refractivity contribution in [3.63, 3.8) is 0 Å². The first kappa shape index (κ1) is 14.2. The third-order valence-electron chi connectivity index (χ3n) is 4.23. The summed E-state index contributed by atoms with van der Waals surface area (Å²) in [6, 6.07) is 15.8. The molecule has 0 radical (unpaired) electrons. The summed E-state index contributed by atoms with van der Waals surface area (Å²) in [5.41, 5.74) is 7.03. The van der Waals surface area contributed by atoms with Gasteiger partial charge in [-0.2, -0.15) is 0 Å². The van der Waals surface area contributed by atoms with E-state index in [-0.39, 0.29) is 0 Å². The van der Waals surface area contributed by atoms with Crippen LogP contribution in [0.15, 0.2) is 42.5 Å². The zero-order valence-corrected chi connectivity index (χ0v) is 13.0. The minimum atomic E-state index is 0.937. The second kappa shape index (κ2) is 6.31. The number of fused-ring (bicyclic) bond motifs is 1. The number of nitrogens with zero attached hydrogens (tertiary/aromatic N) is 1. The van der Waals surface area contributed by atoms with Crippen molar-refractivity contribution in [1.82, 2.24) is 5.32 Å². The van der Waals surface area contributed by atoms with Crippen LogP contribution in [0.2, 0.25) is 0 Å². The Bertz CT molecular complexity index is 601. The van der Waals surface area contributed by atoms with Crippen LogP contribution in [0.5, 0.6) is 0 Å². The third kappa shape index (κ3) is 3.27. The normalized spacial score (nSPS) is 14.1. The van der Waals surface area contributed by atoms with Crippen LogP contribution >= 0.6 is 0 Å². The highest BCUT2D eigenvalue weighted by Crippen LogP contribution is 2.29. The minimum Gasteiger partial charge on any atom is -0.367 e. The van der Waals surface area contributed by atoms with Crippen LogP contribution in [0.3, 0.4) is 0 Å². The lowest BCUT2D eigenvalue weighted by Crippen LogP contribution is -2.28. The predicted molar refractivity (Wildman–Crippen MR) is 89.8 cm³/mol. The Kier molecular flexibility index (Phi) is 4.26. The van der Waals surface area contributed by atoms with Gasteiger partial charge in [0.15, 0.2) is 0 Å². The van der Waals surface area contributed by atoms with Gasteiger partial charge in [0.2, 0.25) is 0 Å². The molecule has 3 rings (SSSR count). The Balaban J connectivity index is 1.77. The number of anilines is 1. The number of benzene rings is 2. The molecule has 1 aliphatic heterocycles. The quantitative estimate of drug-likeness (QED) is 0.919. The molecule has 21 heavy (non-hydrogen) atoms. The molecule has 1 N–H and O–H groups in total. The minimum absolute atomic E-state index is 0.937. The molecular weight excluding hydrogens is 256 g/mol. The molecule has 0 fully saturated rings. The molecule has 0 amide bonds. The average Bonchev–Trinajstić information content (AvgIpc) is 2.49. The lowest BCUT2D eigenvalue weighted by molar-refractivity contribution is 0.690. The molecule has 0 aromatic heterocycles. The van der Waals surface area contributed by atoms with E-state index in [1.54, 1.807) is 0 Å². The van der Waals surface area contributed by atoms with Gasteiger partial charge >= 0.3 is 0 Å². The summed E-state index contributed by atoms with van der Waals surface area (Å²) in [5, 5.41) is 3.19. The van der Waals surface area contributed by atoms with E-state index in [9.17, 15) is 0 Å². The van der Waals surface area contributed by atoms with E-state index in [1.807, 2.05) is 7.05 Å². The molecule has 0 aliphatic carbocycles. The van der Waals surface area contributed by atoms with Gasteiger partial charge in [0.05, 0.1) is 0 Å². The summed E-state index contributed by atoms with van der Waals surface area (Å²) in [6.45, 7) is 5.29. The van der Waals surface area contributed by atoms with E-state index in [4.69, 9.17) is 0 Å². The van der Waals surface area contributed by atoms with Crippen LogP contribution in [0.25, 0.3) is 0 Å². The fourth-order valence-electron chi connectivity index (χ4n) is 3.16. The van der Waals surface area contributed by atoms with Crippen molar-refractivity contribution in [3.05, 3.63) is 64.7 Å². The Morgan fingerprint density at radius 1 is 1.05 bits per heavy atom. The Morgan fingerprint density at radius 2 is 1.81 bits per heavy atom. The molecule has 0 saturated carbocycles. The van der Waals surface area contributed by atoms with Crippen LogP contribution in [-0.2, 0) is 19.5 Å². The zero-order chi connectivity index (χ0) is 14.7. The summed E-state index contributed by atoms with van der Waals surface area (Å²) in [6.07, 6.45) is 2.48. The number of nitrogens with one attached hydrogen (secondary N) is 1. The lowest BCUT2D eigenvalue weighted by Gasteiger charge is -2.31. The lowest BCUT2D eigenvalue weighted by atomic mass is 9.99. The third-order valence-corrected chi connectivity index (χ3v) is 4.23. The number of hydrogen-bond donors (Lipinski definition) is 1. The number of aryl methyl sites for hydroxylation is 2. The first-order chi connectivity index (χ1) is 10.3. The highest BCUT2D eigenvalue weighted by molar-refractivity contribution is 5.57. The maximum atomic E-state index is 3.19. The maximum Gasteiger partial charge on any atom is 0.0429 e. The van der Waals surface area contributed by atoms with Crippen molar-refractivity contribution in [2.75, 3.05) is 18.5 Å². The fourth-order valence-corrected chi connectivity index (χ4v) is 3.16. The van der Waals surface area contributed by atoms with Crippen LogP contribution in [0.1, 0.15) is 28.7 Å². The van der Waals surface area contributed by atoms with Gasteiger partial charge in [-0.15, -0.1) is 0 Å². The fraction of sp³-hybridized carbons (Fsp3) is 0.368. The molecule has 0 saturated heterocycles. The molecule has 1 aliphatic rings. The van der Waals surface area contributed by atoms with Crippen LogP contribution < -0.4 is 10.2 Å². The Morgan fingerprint density at radius 3 is 2.57 bits per heavy atom. The monoisotopic (exact) mass is 280 g/mol. The molecular formula is C19H24N2. The maximum absolute atomic E-state index is 3.19. The first-order valence-corrected chi connectivity index (χ1v) is 7.83. The molecule has 2 aromatic carbocycles. The van der Waals surface area contributed by atoms with Gasteiger partial charge < -0.3 is 10.2 Å². The molecule has 2 heteroatoms. The average molecular weight is 280 g/mol. The van der Waals surface area contributed by atoms with E-state index >= 15 is 0 Å². The zero-order valence-electron chi connectivity index (χ0n) is 13.0. The summed E-state index contributed by atoms with van der Waals surface area (Å²) in [7, 11) is 1.99. The first-order valence-electron chi connectivity index (χ1n) is 7.83. The van der Waals surface area contributed by atoms with Gasteiger partial charge in [-0.3, -0.25) is 0 Å². The van der Waals surface area contributed by atoms with E-state index in [1.165, 1.54) is 40.8 Å². The molecule has 0 bridgehead atoms. The topological polar surface area (TPSA) is 15.3 Å². The van der Waals surface area contributed by atoms with Gasteiger partial charge in [0, 0.05) is 25.3 Å².